The maximum atomic E-state index is 4.24. The third-order valence-electron chi connectivity index (χ3n) is 1.82. The molecule has 1 aromatic heterocycles. The number of hydrogen-bond acceptors (Lipinski definition) is 4. The fourth-order valence-electron chi connectivity index (χ4n) is 1.05. The summed E-state index contributed by atoms with van der Waals surface area (Å²) in [6, 6.07) is 0. The van der Waals surface area contributed by atoms with Gasteiger partial charge in [0.2, 0.25) is 5.16 Å². The Kier molecular flexibility index (Phi) is 4.97. The van der Waals surface area contributed by atoms with Crippen LogP contribution in [-0.4, -0.2) is 34.0 Å². The van der Waals surface area contributed by atoms with Crippen LogP contribution in [0.1, 0.15) is 19.7 Å². The summed E-state index contributed by atoms with van der Waals surface area (Å²) >= 11 is 1.71. The van der Waals surface area contributed by atoms with E-state index in [2.05, 4.69) is 34.3 Å². The smallest absolute Gasteiger partial charge is 0.208 e. The van der Waals surface area contributed by atoms with Crippen molar-refractivity contribution >= 4 is 11.8 Å². The Morgan fingerprint density at radius 2 is 2.36 bits per heavy atom. The molecule has 0 aliphatic heterocycles. The summed E-state index contributed by atoms with van der Waals surface area (Å²) in [4.78, 5) is 4.24. The molecule has 1 unspecified atom stereocenters. The van der Waals surface area contributed by atoms with Crippen molar-refractivity contribution in [3.63, 3.8) is 0 Å². The van der Waals surface area contributed by atoms with E-state index in [4.69, 9.17) is 0 Å². The molecule has 1 rings (SSSR count). The predicted octanol–water partition coefficient (Wildman–Crippen LogP) is 1.45. The van der Waals surface area contributed by atoms with E-state index in [1.54, 1.807) is 11.8 Å². The second-order valence-corrected chi connectivity index (χ2v) is 4.41. The van der Waals surface area contributed by atoms with Crippen LogP contribution < -0.4 is 5.32 Å². The lowest BCUT2D eigenvalue weighted by atomic mass is 10.2. The maximum Gasteiger partial charge on any atom is 0.208 e. The number of nitrogens with one attached hydrogen (secondary N) is 2. The number of thioether (sulfide) groups is 1. The molecule has 0 spiro atoms. The zero-order valence-electron chi connectivity index (χ0n) is 9.00. The molecule has 0 fully saturated rings. The van der Waals surface area contributed by atoms with E-state index < -0.39 is 0 Å². The molecule has 1 aromatic rings. The first-order valence-electron chi connectivity index (χ1n) is 4.95. The number of nitrogens with zero attached hydrogens (tertiary/aromatic N) is 2. The highest BCUT2D eigenvalue weighted by atomic mass is 32.2. The van der Waals surface area contributed by atoms with Crippen LogP contribution in [0, 0.1) is 12.8 Å². The first kappa shape index (κ1) is 11.5. The average Bonchev–Trinajstić information content (AvgIpc) is 2.58. The maximum absolute atomic E-state index is 4.24. The van der Waals surface area contributed by atoms with Crippen LogP contribution in [0.3, 0.4) is 0 Å². The topological polar surface area (TPSA) is 53.6 Å². The van der Waals surface area contributed by atoms with Gasteiger partial charge in [-0.15, -0.1) is 5.10 Å². The molecule has 0 amide bonds. The van der Waals surface area contributed by atoms with Crippen LogP contribution in [-0.2, 0) is 0 Å². The summed E-state index contributed by atoms with van der Waals surface area (Å²) < 4.78 is 0. The van der Waals surface area contributed by atoms with E-state index in [1.165, 1.54) is 0 Å². The minimum Gasteiger partial charge on any atom is -0.317 e. The van der Waals surface area contributed by atoms with Gasteiger partial charge in [0.05, 0.1) is 0 Å². The lowest BCUT2D eigenvalue weighted by molar-refractivity contribution is 0.573. The molecule has 1 atom stereocenters. The fraction of sp³-hybridized carbons (Fsp3) is 0.778. The van der Waals surface area contributed by atoms with E-state index >= 15 is 0 Å². The van der Waals surface area contributed by atoms with Crippen molar-refractivity contribution in [2.24, 2.45) is 5.92 Å². The molecule has 4 nitrogen and oxygen atoms in total. The number of H-pyrrole nitrogens is 1. The van der Waals surface area contributed by atoms with E-state index in [-0.39, 0.29) is 0 Å². The lowest BCUT2D eigenvalue weighted by Gasteiger charge is -2.09. The Labute approximate surface area is 89.3 Å². The van der Waals surface area contributed by atoms with Crippen LogP contribution in [0.2, 0.25) is 0 Å². The van der Waals surface area contributed by atoms with E-state index in [9.17, 15) is 0 Å². The van der Waals surface area contributed by atoms with Gasteiger partial charge in [0.15, 0.2) is 0 Å². The highest BCUT2D eigenvalue weighted by molar-refractivity contribution is 7.99. The molecule has 0 aliphatic rings. The minimum absolute atomic E-state index is 0.652. The zero-order chi connectivity index (χ0) is 10.4. The lowest BCUT2D eigenvalue weighted by Crippen LogP contribution is -2.21. The number of aromatic amines is 1. The second kappa shape index (κ2) is 6.03. The highest BCUT2D eigenvalue weighted by Gasteiger charge is 2.05. The second-order valence-electron chi connectivity index (χ2n) is 3.43. The molecule has 2 N–H and O–H groups in total. The first-order valence-corrected chi connectivity index (χ1v) is 5.93. The van der Waals surface area contributed by atoms with Crippen LogP contribution in [0.5, 0.6) is 0 Å². The largest absolute Gasteiger partial charge is 0.317 e. The molecular formula is C9H18N4S. The van der Waals surface area contributed by atoms with Crippen molar-refractivity contribution in [3.8, 4) is 0 Å². The molecule has 5 heteroatoms. The van der Waals surface area contributed by atoms with Crippen molar-refractivity contribution in [3.05, 3.63) is 5.82 Å². The van der Waals surface area contributed by atoms with E-state index in [0.29, 0.717) is 5.92 Å². The summed E-state index contributed by atoms with van der Waals surface area (Å²) in [7, 11) is 0. The molecule has 0 radical (unpaired) electrons. The summed E-state index contributed by atoms with van der Waals surface area (Å²) in [6.07, 6.45) is 0. The summed E-state index contributed by atoms with van der Waals surface area (Å²) in [5, 5.41) is 11.1. The Morgan fingerprint density at radius 3 is 2.93 bits per heavy atom. The van der Waals surface area contributed by atoms with Crippen molar-refractivity contribution in [2.45, 2.75) is 25.9 Å². The molecular weight excluding hydrogens is 196 g/mol. The molecule has 0 aromatic carbocycles. The Hall–Kier alpha value is -0.550. The zero-order valence-corrected chi connectivity index (χ0v) is 9.82. The van der Waals surface area contributed by atoms with Gasteiger partial charge < -0.3 is 5.32 Å². The first-order chi connectivity index (χ1) is 6.72. The van der Waals surface area contributed by atoms with Gasteiger partial charge in [0, 0.05) is 5.75 Å². The van der Waals surface area contributed by atoms with Gasteiger partial charge in [-0.05, 0) is 25.9 Å². The van der Waals surface area contributed by atoms with Crippen LogP contribution in [0.25, 0.3) is 0 Å². The molecule has 0 saturated heterocycles. The SMILES string of the molecule is CCNCC(C)CSc1n[nH]c(C)n1. The van der Waals surface area contributed by atoms with Crippen molar-refractivity contribution < 1.29 is 0 Å². The minimum atomic E-state index is 0.652. The fourth-order valence-corrected chi connectivity index (χ4v) is 1.92. The van der Waals surface area contributed by atoms with Crippen molar-refractivity contribution in [1.82, 2.24) is 20.5 Å². The number of aromatic nitrogens is 3. The summed E-state index contributed by atoms with van der Waals surface area (Å²) in [6.45, 7) is 8.37. The Balaban J connectivity index is 2.20. The summed E-state index contributed by atoms with van der Waals surface area (Å²) in [5.74, 6) is 2.59. The van der Waals surface area contributed by atoms with Crippen LogP contribution in [0.15, 0.2) is 5.16 Å². The van der Waals surface area contributed by atoms with E-state index in [0.717, 1.165) is 29.8 Å². The third kappa shape index (κ3) is 4.11. The van der Waals surface area contributed by atoms with Gasteiger partial charge >= 0.3 is 0 Å². The van der Waals surface area contributed by atoms with Crippen molar-refractivity contribution in [2.75, 3.05) is 18.8 Å². The highest BCUT2D eigenvalue weighted by Crippen LogP contribution is 2.15. The van der Waals surface area contributed by atoms with E-state index in [1.807, 2.05) is 6.92 Å². The van der Waals surface area contributed by atoms with Crippen molar-refractivity contribution in [1.29, 1.82) is 0 Å². The summed E-state index contributed by atoms with van der Waals surface area (Å²) in [5.41, 5.74) is 0. The molecule has 80 valence electrons. The van der Waals surface area contributed by atoms with Gasteiger partial charge in [0.25, 0.3) is 0 Å². The monoisotopic (exact) mass is 214 g/mol. The molecule has 0 aliphatic carbocycles. The van der Waals surface area contributed by atoms with Crippen LogP contribution >= 0.6 is 11.8 Å². The Morgan fingerprint density at radius 1 is 1.57 bits per heavy atom. The molecule has 14 heavy (non-hydrogen) atoms. The third-order valence-corrected chi connectivity index (χ3v) is 2.99. The molecule has 1 heterocycles. The normalized spacial score (nSPS) is 13.1. The van der Waals surface area contributed by atoms with Gasteiger partial charge in [-0.3, -0.25) is 5.10 Å². The molecule has 0 saturated carbocycles. The molecule has 0 bridgehead atoms. The van der Waals surface area contributed by atoms with Gasteiger partial charge in [-0.25, -0.2) is 4.98 Å². The van der Waals surface area contributed by atoms with Gasteiger partial charge in [-0.2, -0.15) is 0 Å². The van der Waals surface area contributed by atoms with Crippen LogP contribution in [0.4, 0.5) is 0 Å². The number of aryl methyl sites for hydroxylation is 1. The predicted molar refractivity (Wildman–Crippen MR) is 59.6 cm³/mol. The van der Waals surface area contributed by atoms with Gasteiger partial charge in [0.1, 0.15) is 5.82 Å². The van der Waals surface area contributed by atoms with Gasteiger partial charge in [-0.1, -0.05) is 25.6 Å². The number of hydrogen-bond donors (Lipinski definition) is 2. The standard InChI is InChI=1S/C9H18N4S/c1-4-10-5-7(2)6-14-9-11-8(3)12-13-9/h7,10H,4-6H2,1-3H3,(H,11,12,13). The Bertz CT molecular complexity index is 261. The number of rotatable bonds is 6. The average molecular weight is 214 g/mol. The quantitative estimate of drug-likeness (QED) is 0.704.